The van der Waals surface area contributed by atoms with E-state index in [-0.39, 0.29) is 27.4 Å². The molecule has 0 radical (unpaired) electrons. The van der Waals surface area contributed by atoms with Gasteiger partial charge in [-0.2, -0.15) is 4.31 Å². The van der Waals surface area contributed by atoms with Gasteiger partial charge in [0.05, 0.1) is 18.2 Å². The highest BCUT2D eigenvalue weighted by atomic mass is 35.5. The molecule has 7 nitrogen and oxygen atoms in total. The number of aryl methyl sites for hydroxylation is 1. The minimum Gasteiger partial charge on any atom is -0.496 e. The topological polar surface area (TPSA) is 79.0 Å². The largest absolute Gasteiger partial charge is 0.496 e. The zero-order chi connectivity index (χ0) is 23.5. The highest BCUT2D eigenvalue weighted by molar-refractivity contribution is 7.89. The Hall–Kier alpha value is -2.13. The van der Waals surface area contributed by atoms with E-state index in [9.17, 15) is 13.2 Å². The molecule has 2 aromatic carbocycles. The van der Waals surface area contributed by atoms with Crippen LogP contribution in [0, 0.1) is 6.92 Å². The number of methoxy groups -OCH3 is 1. The van der Waals surface area contributed by atoms with Gasteiger partial charge in [0.1, 0.15) is 10.6 Å². The quantitative estimate of drug-likeness (QED) is 0.657. The number of carbonyl (C=O) groups is 1. The Bertz CT molecular complexity index is 1080. The molecule has 0 aromatic heterocycles. The molecule has 1 heterocycles. The maximum absolute atomic E-state index is 13.2. The molecule has 0 saturated carbocycles. The van der Waals surface area contributed by atoms with Crippen LogP contribution in [0.4, 0.5) is 0 Å². The van der Waals surface area contributed by atoms with Gasteiger partial charge in [-0.3, -0.25) is 4.79 Å². The number of likely N-dealkylation sites (N-methyl/N-ethyl adjacent to an activating group) is 1. The minimum atomic E-state index is -3.79. The van der Waals surface area contributed by atoms with Crippen molar-refractivity contribution in [3.63, 3.8) is 0 Å². The summed E-state index contributed by atoms with van der Waals surface area (Å²) in [4.78, 5) is 15.0. The molecule has 3 rings (SSSR count). The van der Waals surface area contributed by atoms with Gasteiger partial charge < -0.3 is 15.0 Å². The van der Waals surface area contributed by atoms with Crippen molar-refractivity contribution < 1.29 is 17.9 Å². The molecule has 1 aliphatic rings. The number of sulfonamides is 1. The molecular formula is C23H30ClN3O4S. The fourth-order valence-corrected chi connectivity index (χ4v) is 5.71. The third-order valence-corrected chi connectivity index (χ3v) is 8.19. The summed E-state index contributed by atoms with van der Waals surface area (Å²) in [6, 6.07) is 9.95. The zero-order valence-corrected chi connectivity index (χ0v) is 20.5. The lowest BCUT2D eigenvalue weighted by Crippen LogP contribution is -2.47. The Morgan fingerprint density at radius 3 is 2.44 bits per heavy atom. The monoisotopic (exact) mass is 479 g/mol. The molecule has 0 spiro atoms. The molecule has 32 heavy (non-hydrogen) atoms. The second-order valence-electron chi connectivity index (χ2n) is 8.02. The molecule has 1 fully saturated rings. The molecule has 0 bridgehead atoms. The van der Waals surface area contributed by atoms with Gasteiger partial charge in [-0.15, -0.1) is 0 Å². The third-order valence-electron chi connectivity index (χ3n) is 5.81. The van der Waals surface area contributed by atoms with Gasteiger partial charge in [-0.1, -0.05) is 30.7 Å². The highest BCUT2D eigenvalue weighted by Gasteiger charge is 2.30. The fourth-order valence-electron chi connectivity index (χ4n) is 3.79. The molecule has 2 aromatic rings. The Kier molecular flexibility index (Phi) is 7.82. The van der Waals surface area contributed by atoms with Gasteiger partial charge in [0, 0.05) is 31.7 Å². The van der Waals surface area contributed by atoms with Crippen LogP contribution < -0.4 is 10.1 Å². The summed E-state index contributed by atoms with van der Waals surface area (Å²) in [5.41, 5.74) is 2.19. The maximum atomic E-state index is 13.2. The summed E-state index contributed by atoms with van der Waals surface area (Å²) in [5.74, 6) is 0.434. The summed E-state index contributed by atoms with van der Waals surface area (Å²) in [6.45, 7) is 6.01. The van der Waals surface area contributed by atoms with Gasteiger partial charge in [-0.25, -0.2) is 8.42 Å². The lowest BCUT2D eigenvalue weighted by molar-refractivity contribution is 0.0935. The van der Waals surface area contributed by atoms with Crippen LogP contribution in [-0.2, 0) is 10.0 Å². The number of carbonyl (C=O) groups excluding carboxylic acids is 1. The smallest absolute Gasteiger partial charge is 0.251 e. The van der Waals surface area contributed by atoms with Gasteiger partial charge in [-0.05, 0) is 55.8 Å². The molecule has 1 atom stereocenters. The van der Waals surface area contributed by atoms with Crippen LogP contribution in [-0.4, -0.2) is 63.9 Å². The van der Waals surface area contributed by atoms with Crippen LogP contribution >= 0.6 is 11.6 Å². The van der Waals surface area contributed by atoms with Crippen LogP contribution in [0.25, 0.3) is 0 Å². The number of amides is 1. The van der Waals surface area contributed by atoms with Crippen molar-refractivity contribution in [3.05, 3.63) is 58.1 Å². The van der Waals surface area contributed by atoms with E-state index < -0.39 is 10.0 Å². The van der Waals surface area contributed by atoms with E-state index in [1.54, 1.807) is 13.2 Å². The number of hydrogen-bond donors (Lipinski definition) is 1. The van der Waals surface area contributed by atoms with E-state index in [4.69, 9.17) is 16.3 Å². The van der Waals surface area contributed by atoms with Crippen LogP contribution in [0.5, 0.6) is 5.75 Å². The summed E-state index contributed by atoms with van der Waals surface area (Å²) in [6.07, 6.45) is 0.678. The summed E-state index contributed by atoms with van der Waals surface area (Å²) in [7, 11) is -0.216. The average molecular weight is 480 g/mol. The van der Waals surface area contributed by atoms with Crippen LogP contribution in [0.15, 0.2) is 41.3 Å². The molecule has 9 heteroatoms. The lowest BCUT2D eigenvalue weighted by Gasteiger charge is -2.31. The summed E-state index contributed by atoms with van der Waals surface area (Å²) >= 11 is 6.25. The Labute approximate surface area is 195 Å². The van der Waals surface area contributed by atoms with Crippen molar-refractivity contribution in [2.45, 2.75) is 31.2 Å². The molecule has 0 unspecified atom stereocenters. The minimum absolute atomic E-state index is 0.0373. The van der Waals surface area contributed by atoms with E-state index in [0.29, 0.717) is 32.6 Å². The Balaban J connectivity index is 1.83. The molecule has 0 aliphatic carbocycles. The highest BCUT2D eigenvalue weighted by Crippen LogP contribution is 2.28. The fraction of sp³-hybridized carbons (Fsp3) is 0.435. The van der Waals surface area contributed by atoms with Gasteiger partial charge in [0.15, 0.2) is 0 Å². The molecule has 1 aliphatic heterocycles. The van der Waals surface area contributed by atoms with E-state index in [2.05, 4.69) is 10.2 Å². The van der Waals surface area contributed by atoms with E-state index in [1.807, 2.05) is 39.1 Å². The predicted molar refractivity (Wildman–Crippen MR) is 126 cm³/mol. The summed E-state index contributed by atoms with van der Waals surface area (Å²) < 4.78 is 33.1. The molecule has 1 N–H and O–H groups in total. The molecular weight excluding hydrogens is 450 g/mol. The number of nitrogens with zero attached hydrogens (tertiary/aromatic N) is 2. The number of nitrogens with one attached hydrogen (secondary N) is 1. The van der Waals surface area contributed by atoms with Gasteiger partial charge in [0.2, 0.25) is 10.0 Å². The zero-order valence-electron chi connectivity index (χ0n) is 18.9. The number of ether oxygens (including phenoxy) is 1. The number of rotatable bonds is 7. The third kappa shape index (κ3) is 5.26. The van der Waals surface area contributed by atoms with Crippen molar-refractivity contribution >= 4 is 27.5 Å². The Morgan fingerprint density at radius 1 is 1.16 bits per heavy atom. The number of piperazine rings is 1. The predicted octanol–water partition coefficient (Wildman–Crippen LogP) is 3.47. The van der Waals surface area contributed by atoms with Gasteiger partial charge >= 0.3 is 0 Å². The first-order valence-corrected chi connectivity index (χ1v) is 12.4. The first kappa shape index (κ1) is 24.5. The van der Waals surface area contributed by atoms with Crippen LogP contribution in [0.1, 0.15) is 40.9 Å². The lowest BCUT2D eigenvalue weighted by atomic mass is 10.0. The standard InChI is InChI=1S/C23H30ClN3O4S/c1-5-20(17-7-9-21(31-4)16(2)14-17)25-23(28)18-6-8-19(24)22(15-18)32(29,30)27-12-10-26(3)11-13-27/h6-9,14-15,20H,5,10-13H2,1-4H3,(H,25,28)/t20-/m1/s1. The molecule has 174 valence electrons. The van der Waals surface area contributed by atoms with Crippen molar-refractivity contribution in [2.75, 3.05) is 40.3 Å². The average Bonchev–Trinajstić information content (AvgIpc) is 2.77. The Morgan fingerprint density at radius 2 is 1.84 bits per heavy atom. The SMILES string of the molecule is CC[C@@H](NC(=O)c1ccc(Cl)c(S(=O)(=O)N2CCN(C)CC2)c1)c1ccc(OC)c(C)c1. The van der Waals surface area contributed by atoms with Gasteiger partial charge in [0.25, 0.3) is 5.91 Å². The van der Waals surface area contributed by atoms with E-state index in [1.165, 1.54) is 16.4 Å². The first-order chi connectivity index (χ1) is 15.2. The molecule has 1 saturated heterocycles. The number of hydrogen-bond acceptors (Lipinski definition) is 5. The van der Waals surface area contributed by atoms with Crippen molar-refractivity contribution in [3.8, 4) is 5.75 Å². The van der Waals surface area contributed by atoms with Crippen LogP contribution in [0.3, 0.4) is 0 Å². The van der Waals surface area contributed by atoms with Crippen molar-refractivity contribution in [1.29, 1.82) is 0 Å². The number of halogens is 1. The second kappa shape index (κ2) is 10.2. The first-order valence-electron chi connectivity index (χ1n) is 10.6. The number of benzene rings is 2. The van der Waals surface area contributed by atoms with Crippen molar-refractivity contribution in [1.82, 2.24) is 14.5 Å². The van der Waals surface area contributed by atoms with Crippen LogP contribution in [0.2, 0.25) is 5.02 Å². The van der Waals surface area contributed by atoms with Crippen molar-refractivity contribution in [2.24, 2.45) is 0 Å². The second-order valence-corrected chi connectivity index (χ2v) is 10.3. The van der Waals surface area contributed by atoms with E-state index >= 15 is 0 Å². The van der Waals surface area contributed by atoms with E-state index in [0.717, 1.165) is 16.9 Å². The maximum Gasteiger partial charge on any atom is 0.251 e. The molecule has 1 amide bonds. The summed E-state index contributed by atoms with van der Waals surface area (Å²) in [5, 5.41) is 3.12. The normalized spacial score (nSPS) is 16.5.